The van der Waals surface area contributed by atoms with Crippen molar-refractivity contribution in [3.05, 3.63) is 69.1 Å². The first-order chi connectivity index (χ1) is 12.5. The number of hydrogen-bond acceptors (Lipinski definition) is 6. The third kappa shape index (κ3) is 4.91. The molecule has 0 spiro atoms. The second kappa shape index (κ2) is 7.58. The number of hydrogen-bond donors (Lipinski definition) is 2. The number of benzene rings is 1. The van der Waals surface area contributed by atoms with E-state index in [0.717, 1.165) is 12.3 Å². The van der Waals surface area contributed by atoms with Gasteiger partial charge in [0.05, 0.1) is 6.26 Å². The number of ketones is 1. The summed E-state index contributed by atoms with van der Waals surface area (Å²) in [6.45, 7) is 1.62. The highest BCUT2D eigenvalue weighted by Gasteiger charge is 2.16. The molecule has 1 amide bonds. The molecule has 2 rings (SSSR count). The highest BCUT2D eigenvalue weighted by atomic mass is 32.2. The third-order valence-electron chi connectivity index (χ3n) is 3.75. The van der Waals surface area contributed by atoms with Gasteiger partial charge in [-0.3, -0.25) is 14.4 Å². The Morgan fingerprint density at radius 3 is 2.52 bits per heavy atom. The molecule has 9 heteroatoms. The van der Waals surface area contributed by atoms with Crippen LogP contribution in [-0.2, 0) is 17.1 Å². The molecular formula is C18H18N2O6S. The molecule has 1 aromatic carbocycles. The molecule has 8 nitrogen and oxygen atoms in total. The Hall–Kier alpha value is -3.20. The number of aryl methyl sites for hydroxylation is 1. The van der Waals surface area contributed by atoms with Crippen molar-refractivity contribution in [2.45, 2.75) is 6.92 Å². The lowest BCUT2D eigenvalue weighted by Crippen LogP contribution is -2.29. The van der Waals surface area contributed by atoms with Crippen LogP contribution in [0.4, 0.5) is 0 Å². The van der Waals surface area contributed by atoms with Gasteiger partial charge < -0.3 is 9.67 Å². The zero-order valence-electron chi connectivity index (χ0n) is 14.9. The highest BCUT2D eigenvalue weighted by molar-refractivity contribution is 7.89. The van der Waals surface area contributed by atoms with Crippen LogP contribution in [0.25, 0.3) is 6.08 Å². The fraction of sp³-hybridized carbons (Fsp3) is 0.167. The van der Waals surface area contributed by atoms with E-state index in [4.69, 9.17) is 0 Å². The van der Waals surface area contributed by atoms with Gasteiger partial charge in [0.2, 0.25) is 10.0 Å². The summed E-state index contributed by atoms with van der Waals surface area (Å²) in [5.41, 5.74) is 0.0495. The van der Waals surface area contributed by atoms with Crippen LogP contribution in [0, 0.1) is 6.92 Å². The summed E-state index contributed by atoms with van der Waals surface area (Å²) in [5, 5.41) is 9.91. The molecule has 0 aliphatic rings. The number of carbonyl (C=O) groups is 2. The SMILES string of the molecule is Cc1cc(O)c(C(=O)/C=C/c2cccc(C(=O)NS(C)(=O)=O)c2)c(=O)n1C. The van der Waals surface area contributed by atoms with Gasteiger partial charge in [-0.05, 0) is 30.7 Å². The van der Waals surface area contributed by atoms with Gasteiger partial charge in [0.1, 0.15) is 11.3 Å². The first-order valence-corrected chi connectivity index (χ1v) is 9.63. The number of aromatic nitrogens is 1. The average Bonchev–Trinajstić information content (AvgIpc) is 2.57. The molecule has 1 heterocycles. The Bertz CT molecular complexity index is 1110. The molecule has 0 unspecified atom stereocenters. The molecule has 0 bridgehead atoms. The van der Waals surface area contributed by atoms with E-state index in [2.05, 4.69) is 0 Å². The quantitative estimate of drug-likeness (QED) is 0.580. The van der Waals surface area contributed by atoms with Crippen LogP contribution in [-0.4, -0.2) is 36.0 Å². The topological polar surface area (TPSA) is 123 Å². The number of aromatic hydroxyl groups is 1. The van der Waals surface area contributed by atoms with Crippen molar-refractivity contribution in [2.24, 2.45) is 7.05 Å². The molecule has 0 fully saturated rings. The van der Waals surface area contributed by atoms with E-state index in [1.807, 2.05) is 4.72 Å². The van der Waals surface area contributed by atoms with Crippen molar-refractivity contribution >= 4 is 27.8 Å². The maximum Gasteiger partial charge on any atom is 0.265 e. The van der Waals surface area contributed by atoms with Crippen molar-refractivity contribution in [1.82, 2.24) is 9.29 Å². The Labute approximate surface area is 155 Å². The third-order valence-corrected chi connectivity index (χ3v) is 4.31. The van der Waals surface area contributed by atoms with Crippen LogP contribution in [0.3, 0.4) is 0 Å². The van der Waals surface area contributed by atoms with Gasteiger partial charge in [-0.15, -0.1) is 0 Å². The van der Waals surface area contributed by atoms with Gasteiger partial charge in [-0.2, -0.15) is 0 Å². The lowest BCUT2D eigenvalue weighted by molar-refractivity contribution is 0.0980. The normalized spacial score (nSPS) is 11.5. The molecular weight excluding hydrogens is 372 g/mol. The first-order valence-electron chi connectivity index (χ1n) is 7.74. The number of nitrogens with one attached hydrogen (secondary N) is 1. The Kier molecular flexibility index (Phi) is 5.65. The maximum absolute atomic E-state index is 12.3. The van der Waals surface area contributed by atoms with Gasteiger partial charge in [0.25, 0.3) is 11.5 Å². The molecule has 142 valence electrons. The van der Waals surface area contributed by atoms with Crippen LogP contribution in [0.1, 0.15) is 32.0 Å². The summed E-state index contributed by atoms with van der Waals surface area (Å²) in [5.74, 6) is -1.91. The fourth-order valence-electron chi connectivity index (χ4n) is 2.30. The van der Waals surface area contributed by atoms with E-state index in [0.29, 0.717) is 11.3 Å². The van der Waals surface area contributed by atoms with Crippen LogP contribution < -0.4 is 10.3 Å². The second-order valence-corrected chi connectivity index (χ2v) is 7.68. The Morgan fingerprint density at radius 1 is 1.22 bits per heavy atom. The van der Waals surface area contributed by atoms with Crippen LogP contribution in [0.5, 0.6) is 5.75 Å². The number of pyridine rings is 1. The molecule has 0 saturated heterocycles. The predicted molar refractivity (Wildman–Crippen MR) is 100 cm³/mol. The van der Waals surface area contributed by atoms with Crippen molar-refractivity contribution in [3.63, 3.8) is 0 Å². The summed E-state index contributed by atoms with van der Waals surface area (Å²) in [6, 6.07) is 7.23. The predicted octanol–water partition coefficient (Wildman–Crippen LogP) is 0.985. The molecule has 0 radical (unpaired) electrons. The van der Waals surface area contributed by atoms with Gasteiger partial charge >= 0.3 is 0 Å². The van der Waals surface area contributed by atoms with Crippen molar-refractivity contribution in [1.29, 1.82) is 0 Å². The summed E-state index contributed by atoms with van der Waals surface area (Å²) < 4.78 is 25.4. The molecule has 0 atom stereocenters. The molecule has 0 aliphatic carbocycles. The minimum atomic E-state index is -3.70. The number of sulfonamides is 1. The zero-order chi connectivity index (χ0) is 20.4. The van der Waals surface area contributed by atoms with Crippen molar-refractivity contribution in [2.75, 3.05) is 6.26 Å². The van der Waals surface area contributed by atoms with E-state index in [1.165, 1.54) is 42.0 Å². The molecule has 2 N–H and O–H groups in total. The number of allylic oxidation sites excluding steroid dienone is 1. The van der Waals surface area contributed by atoms with Gasteiger partial charge in [-0.1, -0.05) is 18.2 Å². The number of carbonyl (C=O) groups excluding carboxylic acids is 2. The average molecular weight is 390 g/mol. The smallest absolute Gasteiger partial charge is 0.265 e. The van der Waals surface area contributed by atoms with Gasteiger partial charge in [0, 0.05) is 24.4 Å². The van der Waals surface area contributed by atoms with Crippen LogP contribution >= 0.6 is 0 Å². The molecule has 0 aliphatic heterocycles. The van der Waals surface area contributed by atoms with Crippen molar-refractivity contribution < 1.29 is 23.1 Å². The summed E-state index contributed by atoms with van der Waals surface area (Å²) in [4.78, 5) is 36.4. The second-order valence-electron chi connectivity index (χ2n) is 5.94. The van der Waals surface area contributed by atoms with E-state index in [-0.39, 0.29) is 11.1 Å². The van der Waals surface area contributed by atoms with E-state index < -0.39 is 33.0 Å². The largest absolute Gasteiger partial charge is 0.507 e. The number of amides is 1. The summed E-state index contributed by atoms with van der Waals surface area (Å²) in [6.07, 6.45) is 3.32. The summed E-state index contributed by atoms with van der Waals surface area (Å²) in [7, 11) is -2.21. The van der Waals surface area contributed by atoms with E-state index in [1.54, 1.807) is 13.0 Å². The van der Waals surface area contributed by atoms with Crippen LogP contribution in [0.2, 0.25) is 0 Å². The lowest BCUT2D eigenvalue weighted by atomic mass is 10.1. The number of nitrogens with zero attached hydrogens (tertiary/aromatic N) is 1. The van der Waals surface area contributed by atoms with Crippen molar-refractivity contribution in [3.8, 4) is 5.75 Å². The summed E-state index contributed by atoms with van der Waals surface area (Å²) >= 11 is 0. The first kappa shape index (κ1) is 20.1. The van der Waals surface area contributed by atoms with Crippen LogP contribution in [0.15, 0.2) is 41.2 Å². The Morgan fingerprint density at radius 2 is 1.89 bits per heavy atom. The molecule has 1 aromatic heterocycles. The number of rotatable bonds is 5. The molecule has 2 aromatic rings. The maximum atomic E-state index is 12.3. The minimum absolute atomic E-state index is 0.0871. The Balaban J connectivity index is 2.31. The van der Waals surface area contributed by atoms with Gasteiger partial charge in [-0.25, -0.2) is 13.1 Å². The standard InChI is InChI=1S/C18H18N2O6S/c1-11-9-15(22)16(18(24)20(11)2)14(21)8-7-12-5-4-6-13(10-12)17(23)19-27(3,25)26/h4-10,22H,1-3H3,(H,19,23)/b8-7+. The monoisotopic (exact) mass is 390 g/mol. The van der Waals surface area contributed by atoms with E-state index >= 15 is 0 Å². The molecule has 27 heavy (non-hydrogen) atoms. The minimum Gasteiger partial charge on any atom is -0.507 e. The fourth-order valence-corrected chi connectivity index (χ4v) is 2.76. The lowest BCUT2D eigenvalue weighted by Gasteiger charge is -2.07. The molecule has 0 saturated carbocycles. The zero-order valence-corrected chi connectivity index (χ0v) is 15.7. The highest BCUT2D eigenvalue weighted by Crippen LogP contribution is 2.16. The van der Waals surface area contributed by atoms with Gasteiger partial charge in [0.15, 0.2) is 5.78 Å². The van der Waals surface area contributed by atoms with E-state index in [9.17, 15) is 27.9 Å².